The third-order valence-corrected chi connectivity index (χ3v) is 7.25. The van der Waals surface area contributed by atoms with Gasteiger partial charge in [0.1, 0.15) is 11.5 Å². The fourth-order valence-electron chi connectivity index (χ4n) is 3.71. The Balaban J connectivity index is 2.15. The second kappa shape index (κ2) is 13.6. The molecule has 0 aliphatic heterocycles. The van der Waals surface area contributed by atoms with Crippen molar-refractivity contribution in [2.24, 2.45) is 5.92 Å². The number of hydrogen-bond acceptors (Lipinski definition) is 6. The molecule has 36 heavy (non-hydrogen) atoms. The van der Waals surface area contributed by atoms with E-state index >= 15 is 0 Å². The number of hydrogen-bond donors (Lipinski definition) is 0. The number of halogens is 1. The molecular formula is C29H31IO5S. The number of ketones is 1. The number of allylic oxidation sites excluding steroid dienone is 6. The van der Waals surface area contributed by atoms with Crippen molar-refractivity contribution in [2.45, 2.75) is 25.5 Å². The molecule has 7 heteroatoms. The summed E-state index contributed by atoms with van der Waals surface area (Å²) in [4.78, 5) is 15.2. The highest BCUT2D eigenvalue weighted by Crippen LogP contribution is 2.44. The largest absolute Gasteiger partial charge is 0.495 e. The van der Waals surface area contributed by atoms with Gasteiger partial charge in [-0.1, -0.05) is 56.4 Å². The molecular weight excluding hydrogens is 587 g/mol. The van der Waals surface area contributed by atoms with Gasteiger partial charge in [-0.2, -0.15) is 0 Å². The molecule has 190 valence electrons. The number of rotatable bonds is 11. The SMILES string of the molecule is COc1ccc(C(SC2=CC=CCC=C2)C(=O)c2ccc(OI)c(/C=C\C(C)C)c2OC)cc1OC. The predicted octanol–water partition coefficient (Wildman–Crippen LogP) is 8.17. The molecule has 2 aromatic carbocycles. The van der Waals surface area contributed by atoms with Crippen LogP contribution >= 0.6 is 34.8 Å². The molecule has 0 heterocycles. The summed E-state index contributed by atoms with van der Waals surface area (Å²) in [5.74, 6) is 2.55. The number of thioether (sulfide) groups is 1. The summed E-state index contributed by atoms with van der Waals surface area (Å²) in [5.41, 5.74) is 2.03. The monoisotopic (exact) mass is 618 g/mol. The standard InChI is InChI=1S/C29H31IO5S/c1-19(2)12-14-22-24(35-30)17-15-23(28(22)34-5)27(31)29(36-21-10-8-6-7-9-11-21)20-13-16-25(32-3)26(18-20)33-4/h6,8-19,29H,7H2,1-5H3/b14-12-. The van der Waals surface area contributed by atoms with Crippen LogP contribution in [-0.2, 0) is 0 Å². The van der Waals surface area contributed by atoms with E-state index in [1.54, 1.807) is 27.4 Å². The zero-order valence-electron chi connectivity index (χ0n) is 21.1. The molecule has 0 radical (unpaired) electrons. The topological polar surface area (TPSA) is 54.0 Å². The lowest BCUT2D eigenvalue weighted by molar-refractivity contribution is 0.0986. The molecule has 1 unspecified atom stereocenters. The van der Waals surface area contributed by atoms with E-state index in [9.17, 15) is 4.79 Å². The molecule has 2 aromatic rings. The molecule has 5 nitrogen and oxygen atoms in total. The summed E-state index contributed by atoms with van der Waals surface area (Å²) in [6.45, 7) is 4.18. The molecule has 0 saturated heterocycles. The second-order valence-corrected chi connectivity index (χ2v) is 9.97. The fourth-order valence-corrected chi connectivity index (χ4v) is 5.22. The third kappa shape index (κ3) is 6.76. The van der Waals surface area contributed by atoms with E-state index in [0.717, 1.165) is 22.5 Å². The van der Waals surface area contributed by atoms with Crippen molar-refractivity contribution in [3.63, 3.8) is 0 Å². The highest BCUT2D eigenvalue weighted by atomic mass is 127. The predicted molar refractivity (Wildman–Crippen MR) is 157 cm³/mol. The maximum Gasteiger partial charge on any atom is 0.192 e. The van der Waals surface area contributed by atoms with Gasteiger partial charge in [-0.3, -0.25) is 4.79 Å². The van der Waals surface area contributed by atoms with E-state index in [1.807, 2.05) is 71.6 Å². The van der Waals surface area contributed by atoms with Crippen LogP contribution in [0.1, 0.15) is 47.0 Å². The van der Waals surface area contributed by atoms with Crippen LogP contribution in [0.2, 0.25) is 0 Å². The van der Waals surface area contributed by atoms with E-state index in [1.165, 1.54) is 11.8 Å². The van der Waals surface area contributed by atoms with Gasteiger partial charge < -0.3 is 17.3 Å². The molecule has 1 aliphatic rings. The molecule has 1 atom stereocenters. The van der Waals surface area contributed by atoms with Gasteiger partial charge in [-0.15, -0.1) is 11.8 Å². The van der Waals surface area contributed by atoms with Gasteiger partial charge in [0.05, 0.1) is 37.7 Å². The summed E-state index contributed by atoms with van der Waals surface area (Å²) in [6.07, 6.45) is 15.1. The molecule has 0 saturated carbocycles. The third-order valence-electron chi connectivity index (χ3n) is 5.51. The van der Waals surface area contributed by atoms with Gasteiger partial charge in [-0.25, -0.2) is 0 Å². The first-order valence-electron chi connectivity index (χ1n) is 11.6. The van der Waals surface area contributed by atoms with Crippen LogP contribution in [0.3, 0.4) is 0 Å². The van der Waals surface area contributed by atoms with Crippen LogP contribution in [0.15, 0.2) is 71.7 Å². The number of Topliss-reactive ketones (excluding diaryl/α,β-unsaturated/α-hetero) is 1. The average Bonchev–Trinajstić information content (AvgIpc) is 3.17. The van der Waals surface area contributed by atoms with Crippen molar-refractivity contribution in [1.29, 1.82) is 0 Å². The minimum atomic E-state index is -0.547. The normalized spacial score (nSPS) is 13.9. The van der Waals surface area contributed by atoms with Crippen LogP contribution < -0.4 is 17.3 Å². The van der Waals surface area contributed by atoms with Gasteiger partial charge in [0.2, 0.25) is 0 Å². The number of carbonyl (C=O) groups excluding carboxylic acids is 1. The van der Waals surface area contributed by atoms with Crippen LogP contribution in [-0.4, -0.2) is 27.1 Å². The molecule has 0 N–H and O–H groups in total. The Bertz CT molecular complexity index is 1200. The van der Waals surface area contributed by atoms with Crippen molar-refractivity contribution in [1.82, 2.24) is 0 Å². The van der Waals surface area contributed by atoms with Crippen LogP contribution in [0.4, 0.5) is 0 Å². The Kier molecular flexibility index (Phi) is 10.6. The summed E-state index contributed by atoms with van der Waals surface area (Å²) in [6, 6.07) is 9.18. The zero-order valence-corrected chi connectivity index (χ0v) is 24.1. The lowest BCUT2D eigenvalue weighted by Gasteiger charge is -2.21. The first-order chi connectivity index (χ1) is 17.4. The van der Waals surface area contributed by atoms with Gasteiger partial charge in [0.15, 0.2) is 40.3 Å². The van der Waals surface area contributed by atoms with Crippen molar-refractivity contribution < 1.29 is 22.1 Å². The Morgan fingerprint density at radius 2 is 1.75 bits per heavy atom. The Labute approximate surface area is 231 Å². The first kappa shape index (κ1) is 27.9. The number of carbonyl (C=O) groups is 1. The van der Waals surface area contributed by atoms with Crippen LogP contribution in [0.5, 0.6) is 23.0 Å². The Morgan fingerprint density at radius 1 is 1.00 bits per heavy atom. The van der Waals surface area contributed by atoms with Gasteiger partial charge in [0.25, 0.3) is 0 Å². The summed E-state index contributed by atoms with van der Waals surface area (Å²) in [7, 11) is 4.76. The number of benzene rings is 2. The lowest BCUT2D eigenvalue weighted by atomic mass is 9.97. The quantitative estimate of drug-likeness (QED) is 0.187. The van der Waals surface area contributed by atoms with Crippen molar-refractivity contribution in [3.8, 4) is 23.0 Å². The highest BCUT2D eigenvalue weighted by Gasteiger charge is 2.29. The van der Waals surface area contributed by atoms with Crippen LogP contribution in [0, 0.1) is 5.92 Å². The number of ether oxygens (including phenoxy) is 3. The van der Waals surface area contributed by atoms with Crippen molar-refractivity contribution in [2.75, 3.05) is 21.3 Å². The fraction of sp³-hybridized carbons (Fsp3) is 0.276. The first-order valence-corrected chi connectivity index (χ1v) is 13.3. The van der Waals surface area contributed by atoms with E-state index in [-0.39, 0.29) is 5.78 Å². The smallest absolute Gasteiger partial charge is 0.192 e. The molecule has 0 amide bonds. The summed E-state index contributed by atoms with van der Waals surface area (Å²) < 4.78 is 22.3. The molecule has 3 rings (SSSR count). The molecule has 0 aromatic heterocycles. The maximum absolute atomic E-state index is 14.2. The lowest BCUT2D eigenvalue weighted by Crippen LogP contribution is -2.13. The van der Waals surface area contributed by atoms with E-state index < -0.39 is 5.25 Å². The van der Waals surface area contributed by atoms with Gasteiger partial charge in [-0.05, 0) is 48.2 Å². The average molecular weight is 619 g/mol. The zero-order chi connectivity index (χ0) is 26.1. The molecule has 0 spiro atoms. The Hall–Kier alpha value is -2.65. The minimum Gasteiger partial charge on any atom is -0.495 e. The van der Waals surface area contributed by atoms with Gasteiger partial charge in [0, 0.05) is 4.91 Å². The Morgan fingerprint density at radius 3 is 2.42 bits per heavy atom. The van der Waals surface area contributed by atoms with Crippen molar-refractivity contribution in [3.05, 3.63) is 88.4 Å². The minimum absolute atomic E-state index is 0.0780. The summed E-state index contributed by atoms with van der Waals surface area (Å²) in [5, 5.41) is -0.547. The van der Waals surface area contributed by atoms with Crippen LogP contribution in [0.25, 0.3) is 6.08 Å². The summed E-state index contributed by atoms with van der Waals surface area (Å²) >= 11 is 3.34. The van der Waals surface area contributed by atoms with E-state index in [0.29, 0.717) is 34.5 Å². The van der Waals surface area contributed by atoms with E-state index in [4.69, 9.17) is 17.3 Å². The van der Waals surface area contributed by atoms with Crippen molar-refractivity contribution >= 4 is 46.6 Å². The molecule has 1 aliphatic carbocycles. The number of methoxy groups -OCH3 is 3. The molecule has 0 bridgehead atoms. The molecule has 0 fully saturated rings. The van der Waals surface area contributed by atoms with E-state index in [2.05, 4.69) is 32.1 Å². The highest BCUT2D eigenvalue weighted by molar-refractivity contribution is 14.1. The second-order valence-electron chi connectivity index (χ2n) is 8.35. The van der Waals surface area contributed by atoms with Gasteiger partial charge >= 0.3 is 0 Å². The maximum atomic E-state index is 14.2.